The van der Waals surface area contributed by atoms with Crippen molar-refractivity contribution in [1.29, 1.82) is 0 Å². The number of rotatable bonds is 13. The van der Waals surface area contributed by atoms with Crippen molar-refractivity contribution in [1.82, 2.24) is 5.32 Å². The molecule has 1 amide bonds. The monoisotopic (exact) mass is 295 g/mol. The minimum Gasteiger partial charge on any atom is -0.352 e. The first-order valence-corrected chi connectivity index (χ1v) is 9.20. The molecular weight excluding hydrogens is 258 g/mol. The van der Waals surface area contributed by atoms with Gasteiger partial charge in [0.2, 0.25) is 5.91 Å². The quantitative estimate of drug-likeness (QED) is 0.339. The van der Waals surface area contributed by atoms with Crippen LogP contribution in [0, 0.1) is 0 Å². The van der Waals surface area contributed by atoms with Crippen molar-refractivity contribution < 1.29 is 4.79 Å². The highest BCUT2D eigenvalue weighted by atomic mass is 16.1. The number of carbonyl (C=O) groups is 1. The molecule has 2 nitrogen and oxygen atoms in total. The van der Waals surface area contributed by atoms with Crippen LogP contribution in [-0.4, -0.2) is 12.5 Å². The molecule has 0 aromatic rings. The van der Waals surface area contributed by atoms with Gasteiger partial charge in [0.15, 0.2) is 0 Å². The van der Waals surface area contributed by atoms with Gasteiger partial charge >= 0.3 is 0 Å². The number of carbonyl (C=O) groups excluding carboxylic acids is 1. The average molecular weight is 296 g/mol. The standard InChI is InChI=1S/C19H37NO/c1-5-9-13-17(14-10-6-2)18(15-11-7-3)19(21)20-16-12-8-4/h5-16H2,1-4H3,(H,20,21). The Balaban J connectivity index is 4.92. The van der Waals surface area contributed by atoms with Crippen LogP contribution in [0.4, 0.5) is 0 Å². The summed E-state index contributed by atoms with van der Waals surface area (Å²) in [5.41, 5.74) is 2.54. The fourth-order valence-electron chi connectivity index (χ4n) is 2.50. The predicted molar refractivity (Wildman–Crippen MR) is 93.5 cm³/mol. The topological polar surface area (TPSA) is 29.1 Å². The molecule has 0 bridgehead atoms. The Morgan fingerprint density at radius 1 is 0.714 bits per heavy atom. The van der Waals surface area contributed by atoms with Gasteiger partial charge in [-0.1, -0.05) is 59.0 Å². The van der Waals surface area contributed by atoms with Gasteiger partial charge < -0.3 is 5.32 Å². The van der Waals surface area contributed by atoms with Gasteiger partial charge in [-0.3, -0.25) is 4.79 Å². The summed E-state index contributed by atoms with van der Waals surface area (Å²) in [4.78, 5) is 12.5. The molecule has 0 aromatic heterocycles. The van der Waals surface area contributed by atoms with Crippen molar-refractivity contribution >= 4 is 5.91 Å². The molecule has 2 heteroatoms. The van der Waals surface area contributed by atoms with Crippen molar-refractivity contribution in [3.05, 3.63) is 11.1 Å². The first kappa shape index (κ1) is 20.2. The van der Waals surface area contributed by atoms with Gasteiger partial charge in [-0.15, -0.1) is 0 Å². The summed E-state index contributed by atoms with van der Waals surface area (Å²) in [5.74, 6) is 0.208. The van der Waals surface area contributed by atoms with E-state index in [2.05, 4.69) is 33.0 Å². The maximum absolute atomic E-state index is 12.5. The Morgan fingerprint density at radius 3 is 1.67 bits per heavy atom. The van der Waals surface area contributed by atoms with Crippen LogP contribution in [0.15, 0.2) is 11.1 Å². The third kappa shape index (κ3) is 9.71. The van der Waals surface area contributed by atoms with Crippen LogP contribution in [0.2, 0.25) is 0 Å². The fourth-order valence-corrected chi connectivity index (χ4v) is 2.50. The summed E-state index contributed by atoms with van der Waals surface area (Å²) in [5, 5.41) is 3.13. The SMILES string of the molecule is CCCCNC(=O)C(CCCC)=C(CCCC)CCCC. The summed E-state index contributed by atoms with van der Waals surface area (Å²) >= 11 is 0. The zero-order chi connectivity index (χ0) is 15.9. The lowest BCUT2D eigenvalue weighted by Crippen LogP contribution is -2.27. The zero-order valence-electron chi connectivity index (χ0n) is 14.9. The van der Waals surface area contributed by atoms with Crippen molar-refractivity contribution in [3.8, 4) is 0 Å². The normalized spacial score (nSPS) is 10.5. The first-order valence-electron chi connectivity index (χ1n) is 9.20. The third-order valence-electron chi connectivity index (χ3n) is 3.96. The van der Waals surface area contributed by atoms with Crippen LogP contribution in [0.5, 0.6) is 0 Å². The molecule has 0 aromatic carbocycles. The van der Waals surface area contributed by atoms with Gasteiger partial charge in [0.1, 0.15) is 0 Å². The highest BCUT2D eigenvalue weighted by molar-refractivity contribution is 5.94. The molecule has 0 radical (unpaired) electrons. The van der Waals surface area contributed by atoms with E-state index in [0.29, 0.717) is 0 Å². The highest BCUT2D eigenvalue weighted by Gasteiger charge is 2.14. The van der Waals surface area contributed by atoms with E-state index in [1.54, 1.807) is 0 Å². The molecule has 0 unspecified atom stereocenters. The Labute approximate surface area is 132 Å². The van der Waals surface area contributed by atoms with Crippen LogP contribution in [-0.2, 0) is 4.79 Å². The number of hydrogen-bond donors (Lipinski definition) is 1. The molecule has 0 spiro atoms. The molecular formula is C19H37NO. The van der Waals surface area contributed by atoms with Crippen molar-refractivity contribution in [2.45, 2.75) is 98.3 Å². The largest absolute Gasteiger partial charge is 0.352 e. The Morgan fingerprint density at radius 2 is 1.19 bits per heavy atom. The smallest absolute Gasteiger partial charge is 0.247 e. The summed E-state index contributed by atoms with van der Waals surface area (Å²) in [7, 11) is 0. The zero-order valence-corrected chi connectivity index (χ0v) is 14.9. The molecule has 0 fully saturated rings. The molecule has 0 aliphatic rings. The predicted octanol–water partition coefficient (Wildman–Crippen LogP) is 5.77. The number of allylic oxidation sites excluding steroid dienone is 1. The van der Waals surface area contributed by atoms with E-state index in [1.807, 2.05) is 0 Å². The molecule has 0 heterocycles. The summed E-state index contributed by atoms with van der Waals surface area (Å²) in [6, 6.07) is 0. The Kier molecular flexibility index (Phi) is 13.6. The molecule has 21 heavy (non-hydrogen) atoms. The maximum atomic E-state index is 12.5. The molecule has 124 valence electrons. The minimum absolute atomic E-state index is 0.208. The maximum Gasteiger partial charge on any atom is 0.247 e. The van der Waals surface area contributed by atoms with Gasteiger partial charge in [0, 0.05) is 12.1 Å². The second kappa shape index (κ2) is 14.2. The molecule has 0 saturated heterocycles. The minimum atomic E-state index is 0.208. The van der Waals surface area contributed by atoms with Crippen LogP contribution in [0.25, 0.3) is 0 Å². The second-order valence-electron chi connectivity index (χ2n) is 6.00. The highest BCUT2D eigenvalue weighted by Crippen LogP contribution is 2.23. The van der Waals surface area contributed by atoms with E-state index in [9.17, 15) is 4.79 Å². The Bertz CT molecular complexity index is 284. The van der Waals surface area contributed by atoms with E-state index in [-0.39, 0.29) is 5.91 Å². The Hall–Kier alpha value is -0.790. The summed E-state index contributed by atoms with van der Waals surface area (Å²) in [6.07, 6.45) is 12.5. The van der Waals surface area contributed by atoms with Crippen LogP contribution >= 0.6 is 0 Å². The molecule has 0 aliphatic carbocycles. The summed E-state index contributed by atoms with van der Waals surface area (Å²) < 4.78 is 0. The van der Waals surface area contributed by atoms with Crippen molar-refractivity contribution in [2.75, 3.05) is 6.54 Å². The average Bonchev–Trinajstić information content (AvgIpc) is 2.49. The van der Waals surface area contributed by atoms with E-state index < -0.39 is 0 Å². The first-order chi connectivity index (χ1) is 10.2. The van der Waals surface area contributed by atoms with E-state index >= 15 is 0 Å². The lowest BCUT2D eigenvalue weighted by molar-refractivity contribution is -0.117. The molecule has 0 rings (SSSR count). The van der Waals surface area contributed by atoms with Crippen molar-refractivity contribution in [2.24, 2.45) is 0 Å². The van der Waals surface area contributed by atoms with Crippen molar-refractivity contribution in [3.63, 3.8) is 0 Å². The van der Waals surface area contributed by atoms with Gasteiger partial charge in [0.05, 0.1) is 0 Å². The number of amides is 1. The number of hydrogen-bond acceptors (Lipinski definition) is 1. The van der Waals surface area contributed by atoms with Gasteiger partial charge in [0.25, 0.3) is 0 Å². The van der Waals surface area contributed by atoms with Gasteiger partial charge in [-0.05, 0) is 44.9 Å². The van der Waals surface area contributed by atoms with E-state index in [1.165, 1.54) is 31.3 Å². The summed E-state index contributed by atoms with van der Waals surface area (Å²) in [6.45, 7) is 9.63. The number of unbranched alkanes of at least 4 members (excludes halogenated alkanes) is 4. The lowest BCUT2D eigenvalue weighted by Gasteiger charge is -2.15. The number of nitrogens with one attached hydrogen (secondary N) is 1. The lowest BCUT2D eigenvalue weighted by atomic mass is 9.93. The third-order valence-corrected chi connectivity index (χ3v) is 3.96. The van der Waals surface area contributed by atoms with E-state index in [0.717, 1.165) is 57.1 Å². The molecule has 0 aliphatic heterocycles. The van der Waals surface area contributed by atoms with E-state index in [4.69, 9.17) is 0 Å². The molecule has 0 atom stereocenters. The van der Waals surface area contributed by atoms with Crippen LogP contribution in [0.3, 0.4) is 0 Å². The van der Waals surface area contributed by atoms with Gasteiger partial charge in [-0.2, -0.15) is 0 Å². The van der Waals surface area contributed by atoms with Gasteiger partial charge in [-0.25, -0.2) is 0 Å². The second-order valence-corrected chi connectivity index (χ2v) is 6.00. The van der Waals surface area contributed by atoms with Crippen LogP contribution in [0.1, 0.15) is 98.3 Å². The van der Waals surface area contributed by atoms with Crippen LogP contribution < -0.4 is 5.32 Å². The molecule has 0 saturated carbocycles. The molecule has 1 N–H and O–H groups in total. The fraction of sp³-hybridized carbons (Fsp3) is 0.842.